The van der Waals surface area contributed by atoms with Gasteiger partial charge in [0.25, 0.3) is 5.91 Å². The van der Waals surface area contributed by atoms with Gasteiger partial charge in [-0.3, -0.25) is 4.79 Å². The fourth-order valence-corrected chi connectivity index (χ4v) is 3.43. The van der Waals surface area contributed by atoms with Crippen LogP contribution >= 0.6 is 23.2 Å². The number of primary sulfonamides is 1. The van der Waals surface area contributed by atoms with Gasteiger partial charge >= 0.3 is 0 Å². The molecular formula is C12H14Cl2N2O3S. The van der Waals surface area contributed by atoms with Gasteiger partial charge in [-0.05, 0) is 37.8 Å². The van der Waals surface area contributed by atoms with Crippen LogP contribution in [0, 0.1) is 5.92 Å². The number of nitrogens with one attached hydrogen (secondary N) is 1. The Morgan fingerprint density at radius 2 is 2.00 bits per heavy atom. The fraction of sp³-hybridized carbons (Fsp3) is 0.417. The standard InChI is InChI=1S/C12H14Cl2N2O3S/c1-6(7-2-3-7)16-12(17)10-8(13)4-5-9(11(10)14)20(15,18)19/h4-7H,2-3H2,1H3,(H,16,17)(H2,15,18,19). The molecule has 1 amide bonds. The summed E-state index contributed by atoms with van der Waals surface area (Å²) < 4.78 is 22.8. The molecule has 0 spiro atoms. The highest BCUT2D eigenvalue weighted by Gasteiger charge is 2.30. The number of hydrogen-bond acceptors (Lipinski definition) is 3. The predicted octanol–water partition coefficient (Wildman–Crippen LogP) is 2.17. The highest BCUT2D eigenvalue weighted by Crippen LogP contribution is 2.34. The molecule has 1 atom stereocenters. The molecule has 3 N–H and O–H groups in total. The van der Waals surface area contributed by atoms with E-state index in [1.807, 2.05) is 6.92 Å². The highest BCUT2D eigenvalue weighted by molar-refractivity contribution is 7.89. The zero-order chi connectivity index (χ0) is 15.1. The van der Waals surface area contributed by atoms with Crippen LogP contribution in [0.5, 0.6) is 0 Å². The normalized spacial score (nSPS) is 16.8. The summed E-state index contributed by atoms with van der Waals surface area (Å²) in [4.78, 5) is 11.9. The van der Waals surface area contributed by atoms with Crippen molar-refractivity contribution in [1.29, 1.82) is 0 Å². The first-order valence-electron chi connectivity index (χ1n) is 6.03. The van der Waals surface area contributed by atoms with E-state index in [1.165, 1.54) is 12.1 Å². The van der Waals surface area contributed by atoms with Crippen LogP contribution in [-0.4, -0.2) is 20.4 Å². The van der Waals surface area contributed by atoms with Gasteiger partial charge in [0, 0.05) is 6.04 Å². The third kappa shape index (κ3) is 3.25. The SMILES string of the molecule is CC(NC(=O)c1c(Cl)ccc(S(N)(=O)=O)c1Cl)C1CC1. The largest absolute Gasteiger partial charge is 0.349 e. The summed E-state index contributed by atoms with van der Waals surface area (Å²) in [6.07, 6.45) is 2.14. The zero-order valence-electron chi connectivity index (χ0n) is 10.7. The molecule has 110 valence electrons. The van der Waals surface area contributed by atoms with Crippen molar-refractivity contribution in [3.63, 3.8) is 0 Å². The number of rotatable bonds is 4. The summed E-state index contributed by atoms with van der Waals surface area (Å²) in [5.74, 6) is -0.0391. The van der Waals surface area contributed by atoms with Crippen molar-refractivity contribution in [1.82, 2.24) is 5.32 Å². The minimum Gasteiger partial charge on any atom is -0.349 e. The first-order valence-corrected chi connectivity index (χ1v) is 8.33. The molecule has 0 bridgehead atoms. The molecule has 1 saturated carbocycles. The van der Waals surface area contributed by atoms with Crippen LogP contribution in [0.4, 0.5) is 0 Å². The van der Waals surface area contributed by atoms with Crippen molar-refractivity contribution in [2.45, 2.75) is 30.7 Å². The highest BCUT2D eigenvalue weighted by atomic mass is 35.5. The van der Waals surface area contributed by atoms with Crippen molar-refractivity contribution in [2.75, 3.05) is 0 Å². The van der Waals surface area contributed by atoms with Crippen LogP contribution < -0.4 is 10.5 Å². The van der Waals surface area contributed by atoms with E-state index in [2.05, 4.69) is 5.32 Å². The van der Waals surface area contributed by atoms with Gasteiger partial charge in [0.15, 0.2) is 0 Å². The lowest BCUT2D eigenvalue weighted by Gasteiger charge is -2.15. The molecule has 1 fully saturated rings. The van der Waals surface area contributed by atoms with Crippen molar-refractivity contribution in [2.24, 2.45) is 11.1 Å². The van der Waals surface area contributed by atoms with Crippen molar-refractivity contribution in [3.8, 4) is 0 Å². The number of carbonyl (C=O) groups excluding carboxylic acids is 1. The average Bonchev–Trinajstić information content (AvgIpc) is 3.10. The molecule has 1 aliphatic carbocycles. The number of nitrogens with two attached hydrogens (primary N) is 1. The summed E-state index contributed by atoms with van der Waals surface area (Å²) in [5, 5.41) is 7.66. The lowest BCUT2D eigenvalue weighted by Crippen LogP contribution is -2.34. The van der Waals surface area contributed by atoms with E-state index in [0.29, 0.717) is 5.92 Å². The molecule has 5 nitrogen and oxygen atoms in total. The molecule has 0 heterocycles. The number of carbonyl (C=O) groups is 1. The summed E-state index contributed by atoms with van der Waals surface area (Å²) in [5.41, 5.74) is -0.0626. The van der Waals surface area contributed by atoms with Crippen molar-refractivity contribution in [3.05, 3.63) is 27.7 Å². The predicted molar refractivity (Wildman–Crippen MR) is 77.5 cm³/mol. The van der Waals surface area contributed by atoms with Gasteiger partial charge < -0.3 is 5.32 Å². The van der Waals surface area contributed by atoms with E-state index < -0.39 is 15.9 Å². The third-order valence-corrected chi connectivity index (χ3v) is 5.05. The molecule has 0 radical (unpaired) electrons. The Morgan fingerprint density at radius 1 is 1.40 bits per heavy atom. The second-order valence-electron chi connectivity index (χ2n) is 4.88. The van der Waals surface area contributed by atoms with E-state index in [4.69, 9.17) is 28.3 Å². The van der Waals surface area contributed by atoms with Crippen LogP contribution in [0.1, 0.15) is 30.1 Å². The van der Waals surface area contributed by atoms with Crippen LogP contribution in [0.25, 0.3) is 0 Å². The Labute approximate surface area is 127 Å². The van der Waals surface area contributed by atoms with Gasteiger partial charge in [-0.25, -0.2) is 13.6 Å². The molecule has 1 aromatic carbocycles. The number of benzene rings is 1. The Bertz CT molecular complexity index is 657. The molecule has 0 saturated heterocycles. The summed E-state index contributed by atoms with van der Waals surface area (Å²) in [7, 11) is -4.01. The molecule has 0 aliphatic heterocycles. The fourth-order valence-electron chi connectivity index (χ4n) is 1.95. The van der Waals surface area contributed by atoms with Crippen molar-refractivity contribution >= 4 is 39.1 Å². The minimum atomic E-state index is -4.01. The molecule has 1 unspecified atom stereocenters. The van der Waals surface area contributed by atoms with Gasteiger partial charge in [0.05, 0.1) is 15.6 Å². The van der Waals surface area contributed by atoms with Crippen LogP contribution in [0.2, 0.25) is 10.0 Å². The first kappa shape index (κ1) is 15.6. The molecule has 2 rings (SSSR count). The van der Waals surface area contributed by atoms with Gasteiger partial charge in [0.1, 0.15) is 4.90 Å². The summed E-state index contributed by atoms with van der Waals surface area (Å²) >= 11 is 11.9. The van der Waals surface area contributed by atoms with E-state index in [1.54, 1.807) is 0 Å². The lowest BCUT2D eigenvalue weighted by molar-refractivity contribution is 0.0936. The topological polar surface area (TPSA) is 89.3 Å². The maximum Gasteiger partial charge on any atom is 0.254 e. The number of sulfonamides is 1. The lowest BCUT2D eigenvalue weighted by atomic mass is 10.1. The van der Waals surface area contributed by atoms with Crippen LogP contribution in [-0.2, 0) is 10.0 Å². The molecule has 1 aromatic rings. The Kier molecular flexibility index (Phi) is 4.30. The first-order chi connectivity index (χ1) is 9.21. The Morgan fingerprint density at radius 3 is 2.50 bits per heavy atom. The van der Waals surface area contributed by atoms with E-state index in [0.717, 1.165) is 12.8 Å². The van der Waals surface area contributed by atoms with Crippen LogP contribution in [0.15, 0.2) is 17.0 Å². The van der Waals surface area contributed by atoms with E-state index >= 15 is 0 Å². The monoisotopic (exact) mass is 336 g/mol. The van der Waals surface area contributed by atoms with Crippen molar-refractivity contribution < 1.29 is 13.2 Å². The van der Waals surface area contributed by atoms with Gasteiger partial charge in [-0.1, -0.05) is 23.2 Å². The quantitative estimate of drug-likeness (QED) is 0.882. The van der Waals surface area contributed by atoms with Crippen LogP contribution in [0.3, 0.4) is 0 Å². The molecule has 20 heavy (non-hydrogen) atoms. The second-order valence-corrected chi connectivity index (χ2v) is 7.19. The summed E-state index contributed by atoms with van der Waals surface area (Å²) in [6, 6.07) is 2.47. The Balaban J connectivity index is 2.37. The smallest absolute Gasteiger partial charge is 0.254 e. The molecule has 1 aliphatic rings. The third-order valence-electron chi connectivity index (χ3n) is 3.28. The van der Waals surface area contributed by atoms with Gasteiger partial charge in [-0.15, -0.1) is 0 Å². The average molecular weight is 337 g/mol. The minimum absolute atomic E-state index is 0.00669. The maximum atomic E-state index is 12.2. The molecule has 8 heteroatoms. The van der Waals surface area contributed by atoms with Gasteiger partial charge in [-0.2, -0.15) is 0 Å². The van der Waals surface area contributed by atoms with E-state index in [-0.39, 0.29) is 26.5 Å². The molecular weight excluding hydrogens is 323 g/mol. The zero-order valence-corrected chi connectivity index (χ0v) is 13.0. The molecule has 0 aromatic heterocycles. The summed E-state index contributed by atoms with van der Waals surface area (Å²) in [6.45, 7) is 1.89. The van der Waals surface area contributed by atoms with Gasteiger partial charge in [0.2, 0.25) is 10.0 Å². The number of hydrogen-bond donors (Lipinski definition) is 2. The Hall–Kier alpha value is -0.820. The number of halogens is 2. The second kappa shape index (κ2) is 5.52. The maximum absolute atomic E-state index is 12.2. The number of amides is 1. The van der Waals surface area contributed by atoms with E-state index in [9.17, 15) is 13.2 Å².